The average molecular weight is 506 g/mol. The number of hydrogen-bond acceptors (Lipinski definition) is 5. The molecule has 1 aliphatic heterocycles. The van der Waals surface area contributed by atoms with Gasteiger partial charge < -0.3 is 5.32 Å². The van der Waals surface area contributed by atoms with E-state index in [-0.39, 0.29) is 11.8 Å². The maximum atomic E-state index is 15.1. The van der Waals surface area contributed by atoms with E-state index < -0.39 is 53.0 Å². The molecule has 4 rings (SSSR count). The molecular formula is C27H34F3N3O3. The summed E-state index contributed by atoms with van der Waals surface area (Å²) in [7, 11) is 0. The quantitative estimate of drug-likeness (QED) is 0.582. The Balaban J connectivity index is 1.72. The Morgan fingerprint density at radius 1 is 1.11 bits per heavy atom. The number of carbonyl (C=O) groups is 1. The van der Waals surface area contributed by atoms with Crippen molar-refractivity contribution in [2.75, 3.05) is 0 Å². The van der Waals surface area contributed by atoms with E-state index >= 15 is 8.78 Å². The van der Waals surface area contributed by atoms with Crippen LogP contribution in [0.3, 0.4) is 0 Å². The van der Waals surface area contributed by atoms with E-state index in [9.17, 15) is 9.18 Å². The van der Waals surface area contributed by atoms with Crippen LogP contribution in [0.25, 0.3) is 0 Å². The molecule has 3 atom stereocenters. The molecule has 1 amide bonds. The lowest BCUT2D eigenvalue weighted by molar-refractivity contribution is -0.388. The van der Waals surface area contributed by atoms with Crippen LogP contribution in [0, 0.1) is 29.3 Å². The Hall–Kier alpha value is -2.46. The number of carbonyl (C=O) groups excluding carboxylic acids is 1. The normalized spacial score (nSPS) is 22.0. The van der Waals surface area contributed by atoms with Crippen LogP contribution in [-0.4, -0.2) is 29.0 Å². The standard InChI is InChI=1S/C27H34F3N3O3/c1-15(2)10-22-33(36-26(32-35-22)18-11-16-8-6-7-9-17(16)12-18)24(25(34)31-27(3,4)5)23-20(29)13-19(28)14-21(23)30/h6-9,13-15,18,22,24,26,32H,10-12H2,1-5H3,(H,31,34)/t22-,24+,26-/m1/s1. The molecule has 2 aliphatic rings. The zero-order chi connectivity index (χ0) is 26.2. The number of nitrogens with one attached hydrogen (secondary N) is 2. The van der Waals surface area contributed by atoms with E-state index in [1.165, 1.54) is 16.2 Å². The first-order valence-electron chi connectivity index (χ1n) is 12.3. The van der Waals surface area contributed by atoms with Gasteiger partial charge in [-0.2, -0.15) is 5.48 Å². The van der Waals surface area contributed by atoms with Gasteiger partial charge in [-0.15, -0.1) is 5.06 Å². The van der Waals surface area contributed by atoms with Crippen LogP contribution in [0.5, 0.6) is 0 Å². The highest BCUT2D eigenvalue weighted by molar-refractivity contribution is 5.83. The van der Waals surface area contributed by atoms with Crippen LogP contribution in [0.1, 0.15) is 63.8 Å². The molecule has 0 saturated carbocycles. The van der Waals surface area contributed by atoms with Crippen molar-refractivity contribution >= 4 is 5.91 Å². The van der Waals surface area contributed by atoms with Crippen molar-refractivity contribution < 1.29 is 27.6 Å². The SMILES string of the molecule is CC(C)C[C@H]1ON[C@@H](C2Cc3ccccc3C2)ON1[C@H](C(=O)NC(C)(C)C)c1c(F)cc(F)cc1F. The molecule has 0 radical (unpaired) electrons. The summed E-state index contributed by atoms with van der Waals surface area (Å²) in [5, 5.41) is 4.03. The molecule has 1 heterocycles. The van der Waals surface area contributed by atoms with Crippen LogP contribution >= 0.6 is 0 Å². The largest absolute Gasteiger partial charge is 0.350 e. The van der Waals surface area contributed by atoms with Crippen molar-refractivity contribution in [3.8, 4) is 0 Å². The van der Waals surface area contributed by atoms with E-state index in [2.05, 4.69) is 22.9 Å². The summed E-state index contributed by atoms with van der Waals surface area (Å²) in [5.41, 5.74) is 4.07. The summed E-state index contributed by atoms with van der Waals surface area (Å²) < 4.78 is 43.9. The molecule has 0 bridgehead atoms. The Morgan fingerprint density at radius 2 is 1.69 bits per heavy atom. The lowest BCUT2D eigenvalue weighted by atomic mass is 10.00. The molecule has 196 valence electrons. The van der Waals surface area contributed by atoms with Crippen LogP contribution in [0.15, 0.2) is 36.4 Å². The maximum absolute atomic E-state index is 15.1. The molecule has 2 aromatic rings. The minimum Gasteiger partial charge on any atom is -0.350 e. The third kappa shape index (κ3) is 5.91. The zero-order valence-electron chi connectivity index (χ0n) is 21.3. The number of fused-ring (bicyclic) bond motifs is 1. The molecule has 9 heteroatoms. The predicted octanol–water partition coefficient (Wildman–Crippen LogP) is 4.94. The highest BCUT2D eigenvalue weighted by Crippen LogP contribution is 2.37. The van der Waals surface area contributed by atoms with Crippen molar-refractivity contribution in [3.05, 3.63) is 70.5 Å². The first-order valence-corrected chi connectivity index (χ1v) is 12.3. The van der Waals surface area contributed by atoms with Gasteiger partial charge in [-0.1, -0.05) is 38.1 Å². The number of rotatable bonds is 6. The first-order chi connectivity index (χ1) is 16.9. The Kier molecular flexibility index (Phi) is 7.75. The highest BCUT2D eigenvalue weighted by atomic mass is 19.1. The molecule has 0 spiro atoms. The monoisotopic (exact) mass is 505 g/mol. The fourth-order valence-electron chi connectivity index (χ4n) is 4.82. The summed E-state index contributed by atoms with van der Waals surface area (Å²) in [4.78, 5) is 25.8. The van der Waals surface area contributed by atoms with Crippen LogP contribution in [0.4, 0.5) is 13.2 Å². The third-order valence-corrected chi connectivity index (χ3v) is 6.34. The van der Waals surface area contributed by atoms with Gasteiger partial charge in [-0.3, -0.25) is 14.5 Å². The molecular weight excluding hydrogens is 471 g/mol. The number of nitrogens with zero attached hydrogens (tertiary/aromatic N) is 1. The van der Waals surface area contributed by atoms with E-state index in [4.69, 9.17) is 9.68 Å². The van der Waals surface area contributed by atoms with Gasteiger partial charge in [0.1, 0.15) is 23.5 Å². The summed E-state index contributed by atoms with van der Waals surface area (Å²) >= 11 is 0. The minimum absolute atomic E-state index is 0.0286. The van der Waals surface area contributed by atoms with Gasteiger partial charge >= 0.3 is 0 Å². The van der Waals surface area contributed by atoms with Crippen LogP contribution in [-0.2, 0) is 27.3 Å². The molecule has 6 nitrogen and oxygen atoms in total. The number of hydrogen-bond donors (Lipinski definition) is 2. The summed E-state index contributed by atoms with van der Waals surface area (Å²) in [6.07, 6.45) is 0.353. The summed E-state index contributed by atoms with van der Waals surface area (Å²) in [6.45, 7) is 9.21. The van der Waals surface area contributed by atoms with Crippen molar-refractivity contribution in [1.29, 1.82) is 0 Å². The average Bonchev–Trinajstić information content (AvgIpc) is 3.19. The third-order valence-electron chi connectivity index (χ3n) is 6.34. The second-order valence-electron chi connectivity index (χ2n) is 11.1. The number of benzene rings is 2. The fourth-order valence-corrected chi connectivity index (χ4v) is 4.82. The first kappa shape index (κ1) is 26.6. The smallest absolute Gasteiger partial charge is 0.245 e. The molecule has 2 aromatic carbocycles. The molecule has 1 fully saturated rings. The van der Waals surface area contributed by atoms with Gasteiger partial charge in [0.2, 0.25) is 5.91 Å². The Bertz CT molecular complexity index is 1060. The predicted molar refractivity (Wildman–Crippen MR) is 128 cm³/mol. The molecule has 0 unspecified atom stereocenters. The molecule has 2 N–H and O–H groups in total. The van der Waals surface area contributed by atoms with Crippen molar-refractivity contribution in [1.82, 2.24) is 15.9 Å². The molecule has 36 heavy (non-hydrogen) atoms. The minimum atomic E-state index is -1.55. The van der Waals surface area contributed by atoms with E-state index in [0.29, 0.717) is 18.6 Å². The maximum Gasteiger partial charge on any atom is 0.245 e. The van der Waals surface area contributed by atoms with Crippen LogP contribution < -0.4 is 10.8 Å². The molecule has 0 aromatic heterocycles. The van der Waals surface area contributed by atoms with Gasteiger partial charge in [0.05, 0.1) is 5.56 Å². The second kappa shape index (κ2) is 10.5. The second-order valence-corrected chi connectivity index (χ2v) is 11.1. The number of amides is 1. The number of hydroxylamine groups is 3. The van der Waals surface area contributed by atoms with Crippen molar-refractivity contribution in [2.24, 2.45) is 11.8 Å². The zero-order valence-corrected chi connectivity index (χ0v) is 21.3. The van der Waals surface area contributed by atoms with Crippen molar-refractivity contribution in [2.45, 2.75) is 77.9 Å². The summed E-state index contributed by atoms with van der Waals surface area (Å²) in [5.74, 6) is -4.00. The van der Waals surface area contributed by atoms with Gasteiger partial charge in [-0.05, 0) is 57.1 Å². The van der Waals surface area contributed by atoms with Gasteiger partial charge in [0, 0.05) is 23.6 Å². The number of halogens is 3. The van der Waals surface area contributed by atoms with Gasteiger partial charge in [0.15, 0.2) is 12.5 Å². The summed E-state index contributed by atoms with van der Waals surface area (Å²) in [6, 6.07) is 7.66. The highest BCUT2D eigenvalue weighted by Gasteiger charge is 2.45. The topological polar surface area (TPSA) is 62.8 Å². The Labute approximate surface area is 210 Å². The Morgan fingerprint density at radius 3 is 2.22 bits per heavy atom. The van der Waals surface area contributed by atoms with Crippen molar-refractivity contribution in [3.63, 3.8) is 0 Å². The molecule has 1 saturated heterocycles. The van der Waals surface area contributed by atoms with E-state index in [1.807, 2.05) is 26.0 Å². The van der Waals surface area contributed by atoms with E-state index in [0.717, 1.165) is 12.8 Å². The van der Waals surface area contributed by atoms with E-state index in [1.54, 1.807) is 20.8 Å². The van der Waals surface area contributed by atoms with Gasteiger partial charge in [-0.25, -0.2) is 13.2 Å². The fraction of sp³-hybridized carbons (Fsp3) is 0.519. The lowest BCUT2D eigenvalue weighted by Gasteiger charge is -2.44. The molecule has 1 aliphatic carbocycles. The lowest BCUT2D eigenvalue weighted by Crippen LogP contribution is -2.60. The van der Waals surface area contributed by atoms with Gasteiger partial charge in [0.25, 0.3) is 0 Å². The van der Waals surface area contributed by atoms with Crippen LogP contribution in [0.2, 0.25) is 0 Å².